The van der Waals surface area contributed by atoms with E-state index in [-0.39, 0.29) is 17.7 Å². The molecule has 3 N–H and O–H groups in total. The Morgan fingerprint density at radius 3 is 2.87 bits per heavy atom. The van der Waals surface area contributed by atoms with Gasteiger partial charge in [-0.1, -0.05) is 17.9 Å². The molecule has 2 heterocycles. The van der Waals surface area contributed by atoms with Gasteiger partial charge in [0.05, 0.1) is 12.8 Å². The number of carbonyl (C=O) groups is 1. The maximum absolute atomic E-state index is 13.9. The maximum Gasteiger partial charge on any atom is 0.287 e. The number of carbonyl (C=O) groups excluding carboxylic acids is 1. The molecule has 3 rings (SSSR count). The second-order valence-corrected chi connectivity index (χ2v) is 6.89. The highest BCUT2D eigenvalue weighted by atomic mass is 19.3. The standard InChI is InChI=1S/C22H21F2N5O2/c1-14-4-5-16(10-15(14)6-7-17-12-26-13-28-21(17)31-2)20(30)29-19(25)11-18-22(23,24)8-3-9-27-18/h4-5,10-13,27H,3,8-9H2,1-2H3,(H2,25,29,30)/b18-11-. The molecule has 9 heteroatoms. The third-order valence-electron chi connectivity index (χ3n) is 4.61. The van der Waals surface area contributed by atoms with Gasteiger partial charge < -0.3 is 15.4 Å². The fraction of sp³-hybridized carbons (Fsp3) is 0.273. The second-order valence-electron chi connectivity index (χ2n) is 6.89. The van der Waals surface area contributed by atoms with Gasteiger partial charge in [-0.15, -0.1) is 0 Å². The number of amides is 1. The van der Waals surface area contributed by atoms with Crippen molar-refractivity contribution in [3.05, 3.63) is 64.8 Å². The Balaban J connectivity index is 1.78. The lowest BCUT2D eigenvalue weighted by Gasteiger charge is -2.26. The van der Waals surface area contributed by atoms with Gasteiger partial charge in [0, 0.05) is 36.4 Å². The van der Waals surface area contributed by atoms with Crippen molar-refractivity contribution < 1.29 is 18.3 Å². The zero-order chi connectivity index (χ0) is 22.4. The summed E-state index contributed by atoms with van der Waals surface area (Å²) in [5, 5.41) is 12.8. The molecule has 0 spiro atoms. The number of allylic oxidation sites excluding steroid dienone is 1. The average Bonchev–Trinajstić information content (AvgIpc) is 2.74. The molecule has 0 radical (unpaired) electrons. The quantitative estimate of drug-likeness (QED) is 0.399. The number of aromatic nitrogens is 2. The Hall–Kier alpha value is -3.80. The van der Waals surface area contributed by atoms with E-state index in [2.05, 4.69) is 32.4 Å². The lowest BCUT2D eigenvalue weighted by atomic mass is 10.0. The normalized spacial score (nSPS) is 15.9. The van der Waals surface area contributed by atoms with Crippen molar-refractivity contribution in [2.45, 2.75) is 25.7 Å². The van der Waals surface area contributed by atoms with Gasteiger partial charge in [0.25, 0.3) is 11.8 Å². The average molecular weight is 425 g/mol. The molecule has 1 saturated heterocycles. The number of hydrogen-bond donors (Lipinski definition) is 3. The topological polar surface area (TPSA) is 100.0 Å². The number of nitrogens with zero attached hydrogens (tertiary/aromatic N) is 2. The third-order valence-corrected chi connectivity index (χ3v) is 4.61. The molecule has 0 saturated carbocycles. The molecule has 31 heavy (non-hydrogen) atoms. The van der Waals surface area contributed by atoms with Crippen LogP contribution in [0.2, 0.25) is 0 Å². The molecule has 1 aromatic heterocycles. The summed E-state index contributed by atoms with van der Waals surface area (Å²) in [6.45, 7) is 2.24. The van der Waals surface area contributed by atoms with Crippen LogP contribution in [0.1, 0.15) is 39.9 Å². The SMILES string of the molecule is COc1ncncc1C#Cc1cc(C(=O)NC(=N)/C=C2\NCCCC2(F)F)ccc1C. The van der Waals surface area contributed by atoms with Crippen LogP contribution in [0.3, 0.4) is 0 Å². The van der Waals surface area contributed by atoms with Crippen molar-refractivity contribution >= 4 is 11.7 Å². The van der Waals surface area contributed by atoms with Crippen LogP contribution in [0.15, 0.2) is 42.5 Å². The first-order valence-corrected chi connectivity index (χ1v) is 9.50. The number of rotatable bonds is 3. The van der Waals surface area contributed by atoms with E-state index >= 15 is 0 Å². The van der Waals surface area contributed by atoms with Gasteiger partial charge in [-0.3, -0.25) is 10.2 Å². The summed E-state index contributed by atoms with van der Waals surface area (Å²) >= 11 is 0. The lowest BCUT2D eigenvalue weighted by molar-refractivity contribution is 0.0125. The number of halogens is 2. The molecule has 0 bridgehead atoms. The Labute approximate surface area is 178 Å². The van der Waals surface area contributed by atoms with Crippen molar-refractivity contribution in [2.24, 2.45) is 0 Å². The van der Waals surface area contributed by atoms with Crippen molar-refractivity contribution in [1.82, 2.24) is 20.6 Å². The second kappa shape index (κ2) is 9.34. The van der Waals surface area contributed by atoms with Gasteiger partial charge in [0.2, 0.25) is 5.88 Å². The number of alkyl halides is 2. The molecule has 1 amide bonds. The molecule has 0 unspecified atom stereocenters. The predicted octanol–water partition coefficient (Wildman–Crippen LogP) is 2.80. The molecule has 1 fully saturated rings. The number of hydrogen-bond acceptors (Lipinski definition) is 6. The predicted molar refractivity (Wildman–Crippen MR) is 111 cm³/mol. The summed E-state index contributed by atoms with van der Waals surface area (Å²) in [6, 6.07) is 4.87. The molecule has 1 aromatic carbocycles. The fourth-order valence-corrected chi connectivity index (χ4v) is 2.93. The van der Waals surface area contributed by atoms with Crippen LogP contribution >= 0.6 is 0 Å². The Morgan fingerprint density at radius 1 is 1.35 bits per heavy atom. The highest BCUT2D eigenvalue weighted by Crippen LogP contribution is 2.30. The van der Waals surface area contributed by atoms with E-state index in [1.165, 1.54) is 19.6 Å². The smallest absolute Gasteiger partial charge is 0.287 e. The van der Waals surface area contributed by atoms with Crippen LogP contribution in [0, 0.1) is 24.2 Å². The minimum Gasteiger partial charge on any atom is -0.480 e. The minimum atomic E-state index is -3.04. The van der Waals surface area contributed by atoms with Gasteiger partial charge >= 0.3 is 0 Å². The number of aryl methyl sites for hydroxylation is 1. The largest absolute Gasteiger partial charge is 0.480 e. The lowest BCUT2D eigenvalue weighted by Crippen LogP contribution is -2.38. The molecule has 160 valence electrons. The minimum absolute atomic E-state index is 0.248. The van der Waals surface area contributed by atoms with Crippen molar-refractivity contribution in [1.29, 1.82) is 5.41 Å². The Bertz CT molecular complexity index is 1100. The van der Waals surface area contributed by atoms with Crippen LogP contribution in [0.4, 0.5) is 8.78 Å². The zero-order valence-corrected chi connectivity index (χ0v) is 17.1. The van der Waals surface area contributed by atoms with Crippen LogP contribution < -0.4 is 15.4 Å². The summed E-state index contributed by atoms with van der Waals surface area (Å²) in [5.74, 6) is 2.16. The fourth-order valence-electron chi connectivity index (χ4n) is 2.93. The van der Waals surface area contributed by atoms with E-state index in [0.717, 1.165) is 11.6 Å². The van der Waals surface area contributed by atoms with Gasteiger partial charge in [-0.2, -0.15) is 8.78 Å². The van der Waals surface area contributed by atoms with Crippen LogP contribution in [-0.2, 0) is 0 Å². The maximum atomic E-state index is 13.9. The van der Waals surface area contributed by atoms with E-state index in [4.69, 9.17) is 10.1 Å². The molecular weight excluding hydrogens is 404 g/mol. The van der Waals surface area contributed by atoms with Gasteiger partial charge in [0.1, 0.15) is 17.7 Å². The monoisotopic (exact) mass is 425 g/mol. The first kappa shape index (κ1) is 21.9. The highest BCUT2D eigenvalue weighted by Gasteiger charge is 2.36. The van der Waals surface area contributed by atoms with Crippen LogP contribution in [0.25, 0.3) is 0 Å². The number of methoxy groups -OCH3 is 1. The van der Waals surface area contributed by atoms with E-state index in [1.54, 1.807) is 18.2 Å². The van der Waals surface area contributed by atoms with E-state index in [0.29, 0.717) is 30.0 Å². The van der Waals surface area contributed by atoms with Gasteiger partial charge in [-0.05, 0) is 31.0 Å². The van der Waals surface area contributed by atoms with Crippen LogP contribution in [0.5, 0.6) is 5.88 Å². The number of nitrogens with one attached hydrogen (secondary N) is 3. The van der Waals surface area contributed by atoms with Crippen molar-refractivity contribution in [3.63, 3.8) is 0 Å². The molecule has 0 aliphatic carbocycles. The van der Waals surface area contributed by atoms with E-state index in [9.17, 15) is 13.6 Å². The number of ether oxygens (including phenoxy) is 1. The number of amidine groups is 1. The number of benzene rings is 1. The first-order valence-electron chi connectivity index (χ1n) is 9.50. The van der Waals surface area contributed by atoms with Gasteiger partial charge in [0.15, 0.2) is 0 Å². The summed E-state index contributed by atoms with van der Waals surface area (Å²) in [4.78, 5) is 20.4. The van der Waals surface area contributed by atoms with Crippen molar-refractivity contribution in [3.8, 4) is 17.7 Å². The molecule has 1 aliphatic rings. The number of piperidine rings is 1. The summed E-state index contributed by atoms with van der Waals surface area (Å²) in [5.41, 5.74) is 1.80. The summed E-state index contributed by atoms with van der Waals surface area (Å²) in [6.07, 6.45) is 3.88. The highest BCUT2D eigenvalue weighted by molar-refractivity contribution is 6.09. The van der Waals surface area contributed by atoms with E-state index in [1.807, 2.05) is 6.92 Å². The molecule has 0 atom stereocenters. The van der Waals surface area contributed by atoms with E-state index < -0.39 is 17.7 Å². The Kier molecular flexibility index (Phi) is 6.60. The van der Waals surface area contributed by atoms with Crippen LogP contribution in [-0.4, -0.2) is 41.3 Å². The van der Waals surface area contributed by atoms with Crippen molar-refractivity contribution in [2.75, 3.05) is 13.7 Å². The molecular formula is C22H21F2N5O2. The Morgan fingerprint density at radius 2 is 2.13 bits per heavy atom. The summed E-state index contributed by atoms with van der Waals surface area (Å²) < 4.78 is 32.9. The summed E-state index contributed by atoms with van der Waals surface area (Å²) in [7, 11) is 1.48. The van der Waals surface area contributed by atoms with Gasteiger partial charge in [-0.25, -0.2) is 9.97 Å². The molecule has 7 nitrogen and oxygen atoms in total. The zero-order valence-electron chi connectivity index (χ0n) is 17.1. The third kappa shape index (κ3) is 5.42. The first-order chi connectivity index (χ1) is 14.8. The molecule has 2 aromatic rings. The molecule has 1 aliphatic heterocycles.